The molecule has 1 aromatic rings. The van der Waals surface area contributed by atoms with Crippen LogP contribution in [-0.4, -0.2) is 25.0 Å². The number of rotatable bonds is 7. The molecule has 1 N–H and O–H groups in total. The van der Waals surface area contributed by atoms with Crippen LogP contribution in [0.5, 0.6) is 0 Å². The van der Waals surface area contributed by atoms with Crippen LogP contribution in [0.1, 0.15) is 37.3 Å². The van der Waals surface area contributed by atoms with E-state index in [-0.39, 0.29) is 11.9 Å². The Morgan fingerprint density at radius 2 is 1.90 bits per heavy atom. The Bertz CT molecular complexity index is 440. The number of hydrogen-bond donors (Lipinski definition) is 1. The van der Waals surface area contributed by atoms with Gasteiger partial charge in [-0.1, -0.05) is 36.8 Å². The van der Waals surface area contributed by atoms with Crippen LogP contribution in [0.3, 0.4) is 0 Å². The van der Waals surface area contributed by atoms with E-state index >= 15 is 0 Å². The quantitative estimate of drug-likeness (QED) is 0.779. The summed E-state index contributed by atoms with van der Waals surface area (Å²) in [5.41, 5.74) is 2.46. The Balaban J connectivity index is 2.32. The number of amides is 1. The summed E-state index contributed by atoms with van der Waals surface area (Å²) in [4.78, 5) is 23.1. The molecule has 0 heterocycles. The molecule has 0 spiro atoms. The maximum atomic E-state index is 11.8. The van der Waals surface area contributed by atoms with Crippen LogP contribution in [-0.2, 0) is 20.7 Å². The Morgan fingerprint density at radius 1 is 1.25 bits per heavy atom. The molecule has 0 saturated carbocycles. The lowest BCUT2D eigenvalue weighted by atomic mass is 10.1. The van der Waals surface area contributed by atoms with Gasteiger partial charge in [0.25, 0.3) is 0 Å². The van der Waals surface area contributed by atoms with Crippen LogP contribution in [0.2, 0.25) is 0 Å². The minimum Gasteiger partial charge on any atom is -0.467 e. The van der Waals surface area contributed by atoms with Crippen molar-refractivity contribution in [2.45, 2.75) is 45.6 Å². The fourth-order valence-corrected chi connectivity index (χ4v) is 1.94. The minimum atomic E-state index is -0.535. The average Bonchev–Trinajstić information content (AvgIpc) is 2.46. The second-order valence-corrected chi connectivity index (χ2v) is 4.89. The molecule has 1 atom stereocenters. The maximum absolute atomic E-state index is 11.8. The third kappa shape index (κ3) is 5.43. The fraction of sp³-hybridized carbons (Fsp3) is 0.500. The van der Waals surface area contributed by atoms with Gasteiger partial charge in [0.15, 0.2) is 0 Å². The molecule has 0 aliphatic carbocycles. The zero-order valence-electron chi connectivity index (χ0n) is 12.4. The highest BCUT2D eigenvalue weighted by Crippen LogP contribution is 2.07. The summed E-state index contributed by atoms with van der Waals surface area (Å²) in [6.07, 6.45) is 2.59. The Labute approximate surface area is 120 Å². The third-order valence-electron chi connectivity index (χ3n) is 3.22. The molecule has 0 bridgehead atoms. The van der Waals surface area contributed by atoms with Crippen molar-refractivity contribution < 1.29 is 14.3 Å². The first kappa shape index (κ1) is 16.2. The molecule has 1 unspecified atom stereocenters. The van der Waals surface area contributed by atoms with Crippen molar-refractivity contribution in [3.8, 4) is 0 Å². The molecule has 0 fully saturated rings. The van der Waals surface area contributed by atoms with Crippen LogP contribution in [0, 0.1) is 6.92 Å². The summed E-state index contributed by atoms with van der Waals surface area (Å²) < 4.78 is 4.64. The number of aryl methyl sites for hydroxylation is 2. The molecule has 4 nitrogen and oxygen atoms in total. The summed E-state index contributed by atoms with van der Waals surface area (Å²) in [6, 6.07) is 7.76. The van der Waals surface area contributed by atoms with Crippen molar-refractivity contribution in [2.24, 2.45) is 0 Å². The third-order valence-corrected chi connectivity index (χ3v) is 3.22. The molecular formula is C16H23NO3. The number of esters is 1. The van der Waals surface area contributed by atoms with Gasteiger partial charge in [0.2, 0.25) is 5.91 Å². The fourth-order valence-electron chi connectivity index (χ4n) is 1.94. The lowest BCUT2D eigenvalue weighted by molar-refractivity contribution is -0.145. The first-order valence-electron chi connectivity index (χ1n) is 6.99. The van der Waals surface area contributed by atoms with Gasteiger partial charge in [0, 0.05) is 6.42 Å². The van der Waals surface area contributed by atoms with E-state index in [9.17, 15) is 9.59 Å². The maximum Gasteiger partial charge on any atom is 0.328 e. The van der Waals surface area contributed by atoms with Gasteiger partial charge in [-0.25, -0.2) is 4.79 Å². The lowest BCUT2D eigenvalue weighted by Crippen LogP contribution is -2.40. The average molecular weight is 277 g/mol. The topological polar surface area (TPSA) is 55.4 Å². The normalized spacial score (nSPS) is 11.8. The van der Waals surface area contributed by atoms with E-state index in [4.69, 9.17) is 0 Å². The highest BCUT2D eigenvalue weighted by molar-refractivity contribution is 5.84. The summed E-state index contributed by atoms with van der Waals surface area (Å²) in [7, 11) is 1.33. The Kier molecular flexibility index (Phi) is 6.77. The monoisotopic (exact) mass is 277 g/mol. The van der Waals surface area contributed by atoms with Crippen molar-refractivity contribution in [1.29, 1.82) is 0 Å². The first-order valence-corrected chi connectivity index (χ1v) is 6.99. The van der Waals surface area contributed by atoms with E-state index < -0.39 is 6.04 Å². The van der Waals surface area contributed by atoms with Crippen molar-refractivity contribution in [2.75, 3.05) is 7.11 Å². The predicted molar refractivity (Wildman–Crippen MR) is 78.4 cm³/mol. The first-order chi connectivity index (χ1) is 9.56. The molecule has 0 saturated heterocycles. The summed E-state index contributed by atoms with van der Waals surface area (Å²) in [5.74, 6) is -0.492. The van der Waals surface area contributed by atoms with Gasteiger partial charge in [-0.3, -0.25) is 4.79 Å². The Morgan fingerprint density at radius 3 is 2.45 bits per heavy atom. The number of nitrogens with one attached hydrogen (secondary N) is 1. The van der Waals surface area contributed by atoms with Gasteiger partial charge < -0.3 is 10.1 Å². The molecule has 1 rings (SSSR count). The van der Waals surface area contributed by atoms with Gasteiger partial charge in [-0.15, -0.1) is 0 Å². The molecule has 0 radical (unpaired) electrons. The molecule has 0 aromatic heterocycles. The lowest BCUT2D eigenvalue weighted by Gasteiger charge is -2.14. The van der Waals surface area contributed by atoms with Gasteiger partial charge >= 0.3 is 5.97 Å². The van der Waals surface area contributed by atoms with Crippen LogP contribution >= 0.6 is 0 Å². The number of carbonyl (C=O) groups is 2. The van der Waals surface area contributed by atoms with Crippen LogP contribution in [0.25, 0.3) is 0 Å². The van der Waals surface area contributed by atoms with E-state index in [0.717, 1.165) is 12.8 Å². The molecule has 110 valence electrons. The van der Waals surface area contributed by atoms with Crippen LogP contribution in [0.15, 0.2) is 24.3 Å². The second-order valence-electron chi connectivity index (χ2n) is 4.89. The van der Waals surface area contributed by atoms with Crippen LogP contribution < -0.4 is 5.32 Å². The summed E-state index contributed by atoms with van der Waals surface area (Å²) in [6.45, 7) is 3.89. The largest absolute Gasteiger partial charge is 0.467 e. The number of benzene rings is 1. The van der Waals surface area contributed by atoms with E-state index in [1.807, 2.05) is 6.92 Å². The highest BCUT2D eigenvalue weighted by atomic mass is 16.5. The zero-order valence-corrected chi connectivity index (χ0v) is 12.4. The van der Waals surface area contributed by atoms with E-state index in [1.165, 1.54) is 18.2 Å². The van der Waals surface area contributed by atoms with Crippen molar-refractivity contribution in [3.05, 3.63) is 35.4 Å². The molecule has 20 heavy (non-hydrogen) atoms. The molecular weight excluding hydrogens is 254 g/mol. The highest BCUT2D eigenvalue weighted by Gasteiger charge is 2.18. The second kappa shape index (κ2) is 8.35. The zero-order chi connectivity index (χ0) is 15.0. The molecule has 1 amide bonds. The predicted octanol–water partition coefficient (Wildman–Crippen LogP) is 2.39. The molecule has 1 aromatic carbocycles. The van der Waals surface area contributed by atoms with E-state index in [1.54, 1.807) is 0 Å². The molecule has 0 aliphatic heterocycles. The van der Waals surface area contributed by atoms with Gasteiger partial charge in [-0.2, -0.15) is 0 Å². The standard InChI is InChI=1S/C16H23NO3/c1-4-14(16(19)20-3)17-15(18)7-5-6-13-10-8-12(2)9-11-13/h8-11,14H,4-7H2,1-3H3,(H,17,18). The Hall–Kier alpha value is -1.84. The summed E-state index contributed by atoms with van der Waals surface area (Å²) >= 11 is 0. The molecule has 0 aliphatic rings. The minimum absolute atomic E-state index is 0.102. The smallest absolute Gasteiger partial charge is 0.328 e. The summed E-state index contributed by atoms with van der Waals surface area (Å²) in [5, 5.41) is 2.70. The number of carbonyl (C=O) groups excluding carboxylic acids is 2. The van der Waals surface area contributed by atoms with Gasteiger partial charge in [0.1, 0.15) is 6.04 Å². The molecule has 4 heteroatoms. The van der Waals surface area contributed by atoms with Crippen molar-refractivity contribution in [1.82, 2.24) is 5.32 Å². The van der Waals surface area contributed by atoms with Gasteiger partial charge in [-0.05, 0) is 31.7 Å². The SMILES string of the molecule is CCC(NC(=O)CCCc1ccc(C)cc1)C(=O)OC. The number of ether oxygens (including phenoxy) is 1. The number of hydrogen-bond acceptors (Lipinski definition) is 3. The van der Waals surface area contributed by atoms with Gasteiger partial charge in [0.05, 0.1) is 7.11 Å². The van der Waals surface area contributed by atoms with E-state index in [2.05, 4.69) is 41.2 Å². The number of methoxy groups -OCH3 is 1. The van der Waals surface area contributed by atoms with Crippen molar-refractivity contribution >= 4 is 11.9 Å². The van der Waals surface area contributed by atoms with Crippen LogP contribution in [0.4, 0.5) is 0 Å². The van der Waals surface area contributed by atoms with Crippen molar-refractivity contribution in [3.63, 3.8) is 0 Å². The van der Waals surface area contributed by atoms with E-state index in [0.29, 0.717) is 12.8 Å².